The van der Waals surface area contributed by atoms with Gasteiger partial charge >= 0.3 is 0 Å². The SMILES string of the molecule is COc1ccccc1N1CCN(CCC(=O)Nc2cccc(C)c2C)CC1. The van der Waals surface area contributed by atoms with Gasteiger partial charge in [-0.3, -0.25) is 9.69 Å². The minimum atomic E-state index is 0.0795. The Bertz CT molecular complexity index is 783. The predicted octanol–water partition coefficient (Wildman–Crippen LogP) is 3.46. The first-order chi connectivity index (χ1) is 13.1. The molecule has 2 aromatic carbocycles. The van der Waals surface area contributed by atoms with Crippen LogP contribution >= 0.6 is 0 Å². The Morgan fingerprint density at radius 1 is 1.04 bits per heavy atom. The standard InChI is InChI=1S/C22H29N3O2/c1-17-7-6-8-19(18(17)2)23-22(26)11-12-24-13-15-25(16-14-24)20-9-4-5-10-21(20)27-3/h4-10H,11-16H2,1-3H3,(H,23,26). The lowest BCUT2D eigenvalue weighted by molar-refractivity contribution is -0.116. The van der Waals surface area contributed by atoms with Crippen molar-refractivity contribution < 1.29 is 9.53 Å². The van der Waals surface area contributed by atoms with E-state index >= 15 is 0 Å². The van der Waals surface area contributed by atoms with Gasteiger partial charge in [0.1, 0.15) is 5.75 Å². The summed E-state index contributed by atoms with van der Waals surface area (Å²) in [7, 11) is 1.71. The number of carbonyl (C=O) groups excluding carboxylic acids is 1. The van der Waals surface area contributed by atoms with Crippen molar-refractivity contribution in [2.45, 2.75) is 20.3 Å². The summed E-state index contributed by atoms with van der Waals surface area (Å²) in [4.78, 5) is 17.0. The van der Waals surface area contributed by atoms with E-state index in [1.165, 1.54) is 5.56 Å². The number of anilines is 2. The van der Waals surface area contributed by atoms with E-state index in [9.17, 15) is 4.79 Å². The topological polar surface area (TPSA) is 44.8 Å². The summed E-state index contributed by atoms with van der Waals surface area (Å²) in [5.74, 6) is 0.995. The van der Waals surface area contributed by atoms with Crippen molar-refractivity contribution in [2.75, 3.05) is 50.1 Å². The van der Waals surface area contributed by atoms with Crippen LogP contribution in [-0.4, -0.2) is 50.6 Å². The second kappa shape index (κ2) is 8.91. The number of rotatable bonds is 6. The third-order valence-corrected chi connectivity index (χ3v) is 5.33. The van der Waals surface area contributed by atoms with Crippen LogP contribution in [0.5, 0.6) is 5.75 Å². The molecule has 1 fully saturated rings. The molecule has 1 aliphatic heterocycles. The van der Waals surface area contributed by atoms with Gasteiger partial charge in [-0.15, -0.1) is 0 Å². The normalized spacial score (nSPS) is 14.9. The zero-order valence-corrected chi connectivity index (χ0v) is 16.5. The van der Waals surface area contributed by atoms with E-state index in [2.05, 4.69) is 34.2 Å². The number of nitrogens with one attached hydrogen (secondary N) is 1. The van der Waals surface area contributed by atoms with Gasteiger partial charge < -0.3 is 15.0 Å². The monoisotopic (exact) mass is 367 g/mol. The van der Waals surface area contributed by atoms with E-state index in [0.29, 0.717) is 6.42 Å². The Kier molecular flexibility index (Phi) is 6.35. The van der Waals surface area contributed by atoms with Crippen molar-refractivity contribution in [1.29, 1.82) is 0 Å². The zero-order valence-electron chi connectivity index (χ0n) is 16.5. The molecule has 0 saturated carbocycles. The van der Waals surface area contributed by atoms with E-state index < -0.39 is 0 Å². The number of piperazine rings is 1. The molecule has 1 heterocycles. The first-order valence-electron chi connectivity index (χ1n) is 9.55. The Hall–Kier alpha value is -2.53. The van der Waals surface area contributed by atoms with Crippen LogP contribution < -0.4 is 15.0 Å². The van der Waals surface area contributed by atoms with Crippen LogP contribution in [0, 0.1) is 13.8 Å². The number of nitrogens with zero attached hydrogens (tertiary/aromatic N) is 2. The Labute approximate surface area is 161 Å². The highest BCUT2D eigenvalue weighted by Crippen LogP contribution is 2.28. The lowest BCUT2D eigenvalue weighted by Crippen LogP contribution is -2.47. The molecule has 0 unspecified atom stereocenters. The summed E-state index contributed by atoms with van der Waals surface area (Å²) in [5.41, 5.74) is 4.39. The molecular formula is C22H29N3O2. The largest absolute Gasteiger partial charge is 0.495 e. The zero-order chi connectivity index (χ0) is 19.2. The number of hydrogen-bond donors (Lipinski definition) is 1. The summed E-state index contributed by atoms with van der Waals surface area (Å²) in [6, 6.07) is 14.1. The van der Waals surface area contributed by atoms with Crippen molar-refractivity contribution in [3.8, 4) is 5.75 Å². The molecule has 2 aromatic rings. The molecule has 1 saturated heterocycles. The average Bonchev–Trinajstić information content (AvgIpc) is 2.70. The Morgan fingerprint density at radius 3 is 2.52 bits per heavy atom. The van der Waals surface area contributed by atoms with Gasteiger partial charge in [-0.25, -0.2) is 0 Å². The molecule has 0 aliphatic carbocycles. The molecule has 3 rings (SSSR count). The maximum absolute atomic E-state index is 12.3. The molecular weight excluding hydrogens is 338 g/mol. The fraction of sp³-hybridized carbons (Fsp3) is 0.409. The van der Waals surface area contributed by atoms with E-state index in [0.717, 1.165) is 55.4 Å². The van der Waals surface area contributed by atoms with Crippen LogP contribution in [0.2, 0.25) is 0 Å². The molecule has 0 atom stereocenters. The Balaban J connectivity index is 1.47. The number of benzene rings is 2. The van der Waals surface area contributed by atoms with E-state index in [-0.39, 0.29) is 5.91 Å². The molecule has 5 nitrogen and oxygen atoms in total. The number of hydrogen-bond acceptors (Lipinski definition) is 4. The first kappa shape index (κ1) is 19.2. The summed E-state index contributed by atoms with van der Waals surface area (Å²) >= 11 is 0. The van der Waals surface area contributed by atoms with E-state index in [1.807, 2.05) is 37.3 Å². The van der Waals surface area contributed by atoms with Gasteiger partial charge in [0.2, 0.25) is 5.91 Å². The first-order valence-corrected chi connectivity index (χ1v) is 9.55. The lowest BCUT2D eigenvalue weighted by atomic mass is 10.1. The summed E-state index contributed by atoms with van der Waals surface area (Å²) in [6.07, 6.45) is 0.516. The number of amides is 1. The highest BCUT2D eigenvalue weighted by atomic mass is 16.5. The van der Waals surface area contributed by atoms with Crippen LogP contribution in [0.15, 0.2) is 42.5 Å². The van der Waals surface area contributed by atoms with Gasteiger partial charge in [-0.05, 0) is 43.2 Å². The fourth-order valence-electron chi connectivity index (χ4n) is 3.46. The molecule has 5 heteroatoms. The molecule has 0 radical (unpaired) electrons. The highest BCUT2D eigenvalue weighted by Gasteiger charge is 2.20. The minimum Gasteiger partial charge on any atom is -0.495 e. The summed E-state index contributed by atoms with van der Waals surface area (Å²) in [6.45, 7) is 8.69. The molecule has 1 amide bonds. The van der Waals surface area contributed by atoms with Gasteiger partial charge in [-0.2, -0.15) is 0 Å². The number of methoxy groups -OCH3 is 1. The number of para-hydroxylation sites is 2. The number of ether oxygens (including phenoxy) is 1. The van der Waals surface area contributed by atoms with Crippen molar-refractivity contribution in [3.05, 3.63) is 53.6 Å². The molecule has 0 bridgehead atoms. The molecule has 27 heavy (non-hydrogen) atoms. The molecule has 1 aliphatic rings. The molecule has 0 spiro atoms. The van der Waals surface area contributed by atoms with Crippen LogP contribution in [0.3, 0.4) is 0 Å². The molecule has 144 valence electrons. The van der Waals surface area contributed by atoms with Crippen LogP contribution in [-0.2, 0) is 4.79 Å². The maximum Gasteiger partial charge on any atom is 0.225 e. The molecule has 0 aromatic heterocycles. The van der Waals surface area contributed by atoms with Crippen molar-refractivity contribution in [3.63, 3.8) is 0 Å². The van der Waals surface area contributed by atoms with Gasteiger partial charge in [0.15, 0.2) is 0 Å². The van der Waals surface area contributed by atoms with Gasteiger partial charge in [-0.1, -0.05) is 24.3 Å². The highest BCUT2D eigenvalue weighted by molar-refractivity contribution is 5.91. The van der Waals surface area contributed by atoms with Gasteiger partial charge in [0, 0.05) is 44.8 Å². The van der Waals surface area contributed by atoms with E-state index in [1.54, 1.807) is 7.11 Å². The lowest BCUT2D eigenvalue weighted by Gasteiger charge is -2.36. The third-order valence-electron chi connectivity index (χ3n) is 5.33. The second-order valence-electron chi connectivity index (χ2n) is 7.05. The maximum atomic E-state index is 12.3. The van der Waals surface area contributed by atoms with Crippen LogP contribution in [0.4, 0.5) is 11.4 Å². The van der Waals surface area contributed by atoms with Crippen molar-refractivity contribution in [1.82, 2.24) is 4.90 Å². The van der Waals surface area contributed by atoms with Crippen molar-refractivity contribution in [2.24, 2.45) is 0 Å². The smallest absolute Gasteiger partial charge is 0.225 e. The minimum absolute atomic E-state index is 0.0795. The Morgan fingerprint density at radius 2 is 1.78 bits per heavy atom. The second-order valence-corrected chi connectivity index (χ2v) is 7.05. The van der Waals surface area contributed by atoms with Gasteiger partial charge in [0.05, 0.1) is 12.8 Å². The van der Waals surface area contributed by atoms with Crippen LogP contribution in [0.1, 0.15) is 17.5 Å². The van der Waals surface area contributed by atoms with Gasteiger partial charge in [0.25, 0.3) is 0 Å². The fourth-order valence-corrected chi connectivity index (χ4v) is 3.46. The van der Waals surface area contributed by atoms with E-state index in [4.69, 9.17) is 4.74 Å². The van der Waals surface area contributed by atoms with Crippen LogP contribution in [0.25, 0.3) is 0 Å². The summed E-state index contributed by atoms with van der Waals surface area (Å²) in [5, 5.41) is 3.05. The van der Waals surface area contributed by atoms with Crippen molar-refractivity contribution >= 4 is 17.3 Å². The molecule has 1 N–H and O–H groups in total. The average molecular weight is 367 g/mol. The number of carbonyl (C=O) groups is 1. The number of aryl methyl sites for hydroxylation is 1. The quantitative estimate of drug-likeness (QED) is 0.849. The summed E-state index contributed by atoms with van der Waals surface area (Å²) < 4.78 is 5.47. The third kappa shape index (κ3) is 4.80. The predicted molar refractivity (Wildman–Crippen MR) is 111 cm³/mol.